The molecule has 0 bridgehead atoms. The molecule has 0 saturated carbocycles. The summed E-state index contributed by atoms with van der Waals surface area (Å²) in [6.45, 7) is 10.5. The molecule has 1 aromatic rings. The van der Waals surface area contributed by atoms with Gasteiger partial charge in [-0.15, -0.1) is 0 Å². The summed E-state index contributed by atoms with van der Waals surface area (Å²) in [6, 6.07) is 0.539. The van der Waals surface area contributed by atoms with Gasteiger partial charge < -0.3 is 5.32 Å². The van der Waals surface area contributed by atoms with Crippen LogP contribution in [-0.4, -0.2) is 20.8 Å². The van der Waals surface area contributed by atoms with Gasteiger partial charge in [0.1, 0.15) is 12.2 Å². The molecule has 16 heavy (non-hydrogen) atoms. The van der Waals surface area contributed by atoms with E-state index in [9.17, 15) is 0 Å². The summed E-state index contributed by atoms with van der Waals surface area (Å²) in [4.78, 5) is 4.26. The Hall–Kier alpha value is -0.900. The fraction of sp³-hybridized carbons (Fsp3) is 0.833. The van der Waals surface area contributed by atoms with Gasteiger partial charge in [0, 0.05) is 12.6 Å². The highest BCUT2D eigenvalue weighted by molar-refractivity contribution is 4.85. The highest BCUT2D eigenvalue weighted by atomic mass is 15.3. The van der Waals surface area contributed by atoms with Crippen LogP contribution in [0, 0.1) is 5.92 Å². The maximum Gasteiger partial charge on any atom is 0.140 e. The van der Waals surface area contributed by atoms with Gasteiger partial charge in [-0.2, -0.15) is 5.10 Å². The van der Waals surface area contributed by atoms with E-state index in [1.165, 1.54) is 12.8 Å². The number of rotatable bonds is 7. The summed E-state index contributed by atoms with van der Waals surface area (Å²) in [6.07, 6.45) is 4.08. The summed E-state index contributed by atoms with van der Waals surface area (Å²) >= 11 is 0. The predicted octanol–water partition coefficient (Wildman–Crippen LogP) is 2.21. The maximum absolute atomic E-state index is 4.26. The van der Waals surface area contributed by atoms with Crippen molar-refractivity contribution in [3.8, 4) is 0 Å². The molecule has 1 N–H and O–H groups in total. The normalized spacial score (nSPS) is 13.3. The lowest BCUT2D eigenvalue weighted by Gasteiger charge is -2.22. The largest absolute Gasteiger partial charge is 0.307 e. The van der Waals surface area contributed by atoms with Crippen molar-refractivity contribution in [2.24, 2.45) is 5.92 Å². The Bertz CT molecular complexity index is 291. The molecule has 0 aromatic carbocycles. The Morgan fingerprint density at radius 2 is 2.00 bits per heavy atom. The number of hydrogen-bond acceptors (Lipinski definition) is 3. The van der Waals surface area contributed by atoms with Crippen molar-refractivity contribution in [3.63, 3.8) is 0 Å². The van der Waals surface area contributed by atoms with Gasteiger partial charge in [0.15, 0.2) is 0 Å². The van der Waals surface area contributed by atoms with Crippen molar-refractivity contribution in [2.45, 2.75) is 59.7 Å². The summed E-state index contributed by atoms with van der Waals surface area (Å²) in [5.41, 5.74) is 0. The Labute approximate surface area is 98.5 Å². The van der Waals surface area contributed by atoms with Crippen molar-refractivity contribution in [1.29, 1.82) is 0 Å². The second-order valence-electron chi connectivity index (χ2n) is 4.24. The van der Waals surface area contributed by atoms with Gasteiger partial charge in [-0.05, 0) is 19.8 Å². The average molecular weight is 224 g/mol. The van der Waals surface area contributed by atoms with E-state index in [0.29, 0.717) is 6.04 Å². The molecule has 0 spiro atoms. The molecule has 0 aliphatic rings. The summed E-state index contributed by atoms with van der Waals surface area (Å²) < 4.78 is 1.94. The number of nitrogens with one attached hydrogen (secondary N) is 1. The number of nitrogens with zero attached hydrogens (tertiary/aromatic N) is 3. The quantitative estimate of drug-likeness (QED) is 0.772. The average Bonchev–Trinajstić information content (AvgIpc) is 2.75. The Morgan fingerprint density at radius 1 is 1.31 bits per heavy atom. The second kappa shape index (κ2) is 6.63. The molecule has 1 heterocycles. The van der Waals surface area contributed by atoms with Crippen molar-refractivity contribution in [3.05, 3.63) is 12.2 Å². The van der Waals surface area contributed by atoms with Gasteiger partial charge in [0.25, 0.3) is 0 Å². The molecule has 4 nitrogen and oxygen atoms in total. The first-order valence-corrected chi connectivity index (χ1v) is 6.32. The molecule has 0 fully saturated rings. The second-order valence-corrected chi connectivity index (χ2v) is 4.24. The molecule has 92 valence electrons. The van der Waals surface area contributed by atoms with Crippen LogP contribution in [-0.2, 0) is 13.1 Å². The first-order valence-electron chi connectivity index (χ1n) is 6.32. The van der Waals surface area contributed by atoms with Gasteiger partial charge in [-0.25, -0.2) is 9.67 Å². The zero-order valence-corrected chi connectivity index (χ0v) is 10.9. The molecule has 0 aliphatic heterocycles. The van der Waals surface area contributed by atoms with E-state index in [4.69, 9.17) is 0 Å². The SMILES string of the molecule is CCC(CC)C(C)NCc1ncnn1CC. The van der Waals surface area contributed by atoms with Crippen LogP contribution in [0.15, 0.2) is 6.33 Å². The van der Waals surface area contributed by atoms with Crippen molar-refractivity contribution < 1.29 is 0 Å². The number of aromatic nitrogens is 3. The minimum atomic E-state index is 0.539. The van der Waals surface area contributed by atoms with E-state index in [1.807, 2.05) is 4.68 Å². The molecule has 1 rings (SSSR count). The van der Waals surface area contributed by atoms with E-state index in [0.717, 1.165) is 24.8 Å². The molecule has 0 saturated heterocycles. The molecule has 1 atom stereocenters. The summed E-state index contributed by atoms with van der Waals surface area (Å²) in [7, 11) is 0. The molecule has 0 amide bonds. The number of hydrogen-bond donors (Lipinski definition) is 1. The fourth-order valence-electron chi connectivity index (χ4n) is 2.10. The lowest BCUT2D eigenvalue weighted by Crippen LogP contribution is -2.33. The van der Waals surface area contributed by atoms with E-state index < -0.39 is 0 Å². The lowest BCUT2D eigenvalue weighted by atomic mass is 9.95. The third kappa shape index (κ3) is 3.30. The van der Waals surface area contributed by atoms with Crippen LogP contribution in [0.4, 0.5) is 0 Å². The van der Waals surface area contributed by atoms with Crippen LogP contribution >= 0.6 is 0 Å². The van der Waals surface area contributed by atoms with Crippen LogP contribution < -0.4 is 5.32 Å². The van der Waals surface area contributed by atoms with Crippen molar-refractivity contribution >= 4 is 0 Å². The molecule has 1 aromatic heterocycles. The predicted molar refractivity (Wildman–Crippen MR) is 66.1 cm³/mol. The summed E-state index contributed by atoms with van der Waals surface area (Å²) in [5.74, 6) is 1.78. The van der Waals surface area contributed by atoms with Crippen LogP contribution in [0.25, 0.3) is 0 Å². The van der Waals surface area contributed by atoms with E-state index >= 15 is 0 Å². The van der Waals surface area contributed by atoms with E-state index in [1.54, 1.807) is 6.33 Å². The smallest absolute Gasteiger partial charge is 0.140 e. The molecule has 1 unspecified atom stereocenters. The van der Waals surface area contributed by atoms with Crippen LogP contribution in [0.2, 0.25) is 0 Å². The Kier molecular flexibility index (Phi) is 5.46. The van der Waals surface area contributed by atoms with Gasteiger partial charge in [0.2, 0.25) is 0 Å². The minimum Gasteiger partial charge on any atom is -0.307 e. The highest BCUT2D eigenvalue weighted by Crippen LogP contribution is 2.12. The zero-order chi connectivity index (χ0) is 12.0. The van der Waals surface area contributed by atoms with Crippen molar-refractivity contribution in [1.82, 2.24) is 20.1 Å². The Balaban J connectivity index is 2.45. The first kappa shape index (κ1) is 13.2. The molecular formula is C12H24N4. The van der Waals surface area contributed by atoms with E-state index in [2.05, 4.69) is 43.1 Å². The zero-order valence-electron chi connectivity index (χ0n) is 10.9. The van der Waals surface area contributed by atoms with E-state index in [-0.39, 0.29) is 0 Å². The van der Waals surface area contributed by atoms with Crippen LogP contribution in [0.1, 0.15) is 46.4 Å². The monoisotopic (exact) mass is 224 g/mol. The summed E-state index contributed by atoms with van der Waals surface area (Å²) in [5, 5.41) is 7.70. The third-order valence-corrected chi connectivity index (χ3v) is 3.33. The highest BCUT2D eigenvalue weighted by Gasteiger charge is 2.13. The Morgan fingerprint density at radius 3 is 2.56 bits per heavy atom. The standard InChI is InChI=1S/C12H24N4/c1-5-11(6-2)10(4)13-8-12-14-9-15-16(12)7-3/h9-11,13H,5-8H2,1-4H3. The van der Waals surface area contributed by atoms with Gasteiger partial charge in [0.05, 0.1) is 6.54 Å². The topological polar surface area (TPSA) is 42.7 Å². The third-order valence-electron chi connectivity index (χ3n) is 3.33. The molecule has 0 aliphatic carbocycles. The molecule has 4 heteroatoms. The molecular weight excluding hydrogens is 200 g/mol. The first-order chi connectivity index (χ1) is 7.72. The minimum absolute atomic E-state index is 0.539. The van der Waals surface area contributed by atoms with Crippen LogP contribution in [0.3, 0.4) is 0 Å². The van der Waals surface area contributed by atoms with Gasteiger partial charge >= 0.3 is 0 Å². The molecule has 0 radical (unpaired) electrons. The van der Waals surface area contributed by atoms with Crippen LogP contribution in [0.5, 0.6) is 0 Å². The fourth-order valence-corrected chi connectivity index (χ4v) is 2.10. The maximum atomic E-state index is 4.26. The van der Waals surface area contributed by atoms with Gasteiger partial charge in [-0.1, -0.05) is 26.7 Å². The number of aryl methyl sites for hydroxylation is 1. The lowest BCUT2D eigenvalue weighted by molar-refractivity contribution is 0.347. The van der Waals surface area contributed by atoms with Gasteiger partial charge in [-0.3, -0.25) is 0 Å². The van der Waals surface area contributed by atoms with Crippen molar-refractivity contribution in [2.75, 3.05) is 0 Å².